The van der Waals surface area contributed by atoms with Crippen molar-refractivity contribution in [2.45, 2.75) is 38.8 Å². The lowest BCUT2D eigenvalue weighted by Gasteiger charge is -2.38. The van der Waals surface area contributed by atoms with E-state index in [1.165, 1.54) is 11.1 Å². The Labute approximate surface area is 120 Å². The SMILES string of the molecule is Cc1ccccc1C1CN(C(=O)CCCN)C(C)CO1. The zero-order chi connectivity index (χ0) is 14.5. The topological polar surface area (TPSA) is 55.6 Å². The maximum absolute atomic E-state index is 12.2. The molecule has 0 saturated carbocycles. The Hall–Kier alpha value is -1.39. The number of morpholine rings is 1. The lowest BCUT2D eigenvalue weighted by atomic mass is 10.0. The van der Waals surface area contributed by atoms with E-state index in [0.717, 1.165) is 6.42 Å². The van der Waals surface area contributed by atoms with E-state index < -0.39 is 0 Å². The van der Waals surface area contributed by atoms with Crippen LogP contribution in [-0.4, -0.2) is 36.5 Å². The lowest BCUT2D eigenvalue weighted by molar-refractivity contribution is -0.144. The fourth-order valence-corrected chi connectivity index (χ4v) is 2.64. The summed E-state index contributed by atoms with van der Waals surface area (Å²) in [5, 5.41) is 0. The molecule has 1 saturated heterocycles. The molecule has 1 heterocycles. The number of nitrogens with zero attached hydrogens (tertiary/aromatic N) is 1. The maximum atomic E-state index is 12.2. The first kappa shape index (κ1) is 15.0. The molecule has 0 radical (unpaired) electrons. The summed E-state index contributed by atoms with van der Waals surface area (Å²) in [4.78, 5) is 14.2. The zero-order valence-electron chi connectivity index (χ0n) is 12.3. The average molecular weight is 276 g/mol. The van der Waals surface area contributed by atoms with Gasteiger partial charge in [0.1, 0.15) is 6.10 Å². The molecule has 0 spiro atoms. The van der Waals surface area contributed by atoms with Gasteiger partial charge < -0.3 is 15.4 Å². The van der Waals surface area contributed by atoms with E-state index in [1.54, 1.807) is 0 Å². The minimum atomic E-state index is -0.0192. The Morgan fingerprint density at radius 3 is 2.90 bits per heavy atom. The van der Waals surface area contributed by atoms with Crippen molar-refractivity contribution in [2.24, 2.45) is 5.73 Å². The van der Waals surface area contributed by atoms with Gasteiger partial charge >= 0.3 is 0 Å². The summed E-state index contributed by atoms with van der Waals surface area (Å²) in [6, 6.07) is 8.34. The van der Waals surface area contributed by atoms with E-state index in [0.29, 0.717) is 26.1 Å². The average Bonchev–Trinajstić information content (AvgIpc) is 2.46. The second kappa shape index (κ2) is 6.86. The molecule has 0 aromatic heterocycles. The first-order valence-electron chi connectivity index (χ1n) is 7.30. The van der Waals surface area contributed by atoms with Gasteiger partial charge in [-0.1, -0.05) is 24.3 Å². The largest absolute Gasteiger partial charge is 0.370 e. The van der Waals surface area contributed by atoms with Gasteiger partial charge in [0.05, 0.1) is 19.2 Å². The Balaban J connectivity index is 2.08. The number of benzene rings is 1. The van der Waals surface area contributed by atoms with Crippen LogP contribution in [0, 0.1) is 6.92 Å². The van der Waals surface area contributed by atoms with Crippen molar-refractivity contribution < 1.29 is 9.53 Å². The normalized spacial score (nSPS) is 22.9. The van der Waals surface area contributed by atoms with E-state index in [4.69, 9.17) is 10.5 Å². The number of rotatable bonds is 4. The molecule has 2 N–H and O–H groups in total. The van der Waals surface area contributed by atoms with E-state index >= 15 is 0 Å². The summed E-state index contributed by atoms with van der Waals surface area (Å²) in [6.45, 7) is 5.90. The van der Waals surface area contributed by atoms with Crippen LogP contribution in [0.15, 0.2) is 24.3 Å². The minimum absolute atomic E-state index is 0.0192. The van der Waals surface area contributed by atoms with Crippen molar-refractivity contribution in [3.63, 3.8) is 0 Å². The quantitative estimate of drug-likeness (QED) is 0.915. The van der Waals surface area contributed by atoms with Crippen LogP contribution >= 0.6 is 0 Å². The highest BCUT2D eigenvalue weighted by atomic mass is 16.5. The fourth-order valence-electron chi connectivity index (χ4n) is 2.64. The third-order valence-corrected chi connectivity index (χ3v) is 3.88. The molecule has 2 unspecified atom stereocenters. The molecule has 1 aliphatic rings. The fraction of sp³-hybridized carbons (Fsp3) is 0.562. The summed E-state index contributed by atoms with van der Waals surface area (Å²) in [5.74, 6) is 0.185. The zero-order valence-corrected chi connectivity index (χ0v) is 12.3. The Morgan fingerprint density at radius 1 is 1.45 bits per heavy atom. The molecule has 2 rings (SSSR count). The van der Waals surface area contributed by atoms with E-state index in [9.17, 15) is 4.79 Å². The number of hydrogen-bond donors (Lipinski definition) is 1. The predicted molar refractivity (Wildman–Crippen MR) is 79.3 cm³/mol. The first-order chi connectivity index (χ1) is 9.63. The van der Waals surface area contributed by atoms with E-state index in [2.05, 4.69) is 19.1 Å². The van der Waals surface area contributed by atoms with Gasteiger partial charge in [0.15, 0.2) is 0 Å². The van der Waals surface area contributed by atoms with Crippen molar-refractivity contribution in [2.75, 3.05) is 19.7 Å². The van der Waals surface area contributed by atoms with Crippen LogP contribution in [0.2, 0.25) is 0 Å². The van der Waals surface area contributed by atoms with Crippen LogP contribution < -0.4 is 5.73 Å². The first-order valence-corrected chi connectivity index (χ1v) is 7.30. The van der Waals surface area contributed by atoms with Crippen molar-refractivity contribution in [3.05, 3.63) is 35.4 Å². The summed E-state index contributed by atoms with van der Waals surface area (Å²) < 4.78 is 5.92. The van der Waals surface area contributed by atoms with Crippen molar-refractivity contribution in [1.29, 1.82) is 0 Å². The molecular formula is C16H24N2O2. The molecule has 2 atom stereocenters. The third kappa shape index (κ3) is 3.38. The van der Waals surface area contributed by atoms with Gasteiger partial charge in [-0.2, -0.15) is 0 Å². The number of aryl methyl sites for hydroxylation is 1. The standard InChI is InChI=1S/C16H24N2O2/c1-12-6-3-4-7-14(12)15-10-18(13(2)11-20-15)16(19)8-5-9-17/h3-4,6-7,13,15H,5,8-11,17H2,1-2H3. The van der Waals surface area contributed by atoms with Gasteiger partial charge in [-0.3, -0.25) is 4.79 Å². The summed E-state index contributed by atoms with van der Waals surface area (Å²) in [6.07, 6.45) is 1.26. The Bertz CT molecular complexity index is 462. The number of amides is 1. The highest BCUT2D eigenvalue weighted by Crippen LogP contribution is 2.27. The van der Waals surface area contributed by atoms with Crippen LogP contribution in [0.3, 0.4) is 0 Å². The second-order valence-electron chi connectivity index (χ2n) is 5.47. The highest BCUT2D eigenvalue weighted by molar-refractivity contribution is 5.76. The molecule has 4 nitrogen and oxygen atoms in total. The number of ether oxygens (including phenoxy) is 1. The summed E-state index contributed by atoms with van der Waals surface area (Å²) in [5.41, 5.74) is 7.87. The number of carbonyl (C=O) groups is 1. The van der Waals surface area contributed by atoms with Crippen molar-refractivity contribution in [3.8, 4) is 0 Å². The third-order valence-electron chi connectivity index (χ3n) is 3.88. The molecule has 1 amide bonds. The Morgan fingerprint density at radius 2 is 2.20 bits per heavy atom. The highest BCUT2D eigenvalue weighted by Gasteiger charge is 2.30. The Kier molecular flexibility index (Phi) is 5.15. The van der Waals surface area contributed by atoms with Gasteiger partial charge in [-0.15, -0.1) is 0 Å². The molecule has 1 aromatic carbocycles. The maximum Gasteiger partial charge on any atom is 0.223 e. The second-order valence-corrected chi connectivity index (χ2v) is 5.47. The summed E-state index contributed by atoms with van der Waals surface area (Å²) >= 11 is 0. The molecule has 0 aliphatic carbocycles. The van der Waals surface area contributed by atoms with Gasteiger partial charge in [0.25, 0.3) is 0 Å². The number of carbonyl (C=O) groups excluding carboxylic acids is 1. The van der Waals surface area contributed by atoms with E-state index in [1.807, 2.05) is 24.0 Å². The number of nitrogens with two attached hydrogens (primary N) is 1. The minimum Gasteiger partial charge on any atom is -0.370 e. The van der Waals surface area contributed by atoms with Crippen LogP contribution in [0.5, 0.6) is 0 Å². The van der Waals surface area contributed by atoms with Crippen LogP contribution in [-0.2, 0) is 9.53 Å². The van der Waals surface area contributed by atoms with Crippen molar-refractivity contribution >= 4 is 5.91 Å². The molecule has 1 aliphatic heterocycles. The van der Waals surface area contributed by atoms with Gasteiger partial charge in [-0.05, 0) is 37.9 Å². The molecular weight excluding hydrogens is 252 g/mol. The molecule has 4 heteroatoms. The van der Waals surface area contributed by atoms with Gasteiger partial charge in [0.2, 0.25) is 5.91 Å². The van der Waals surface area contributed by atoms with Crippen LogP contribution in [0.25, 0.3) is 0 Å². The van der Waals surface area contributed by atoms with E-state index in [-0.39, 0.29) is 18.1 Å². The molecule has 0 bridgehead atoms. The summed E-state index contributed by atoms with van der Waals surface area (Å²) in [7, 11) is 0. The smallest absolute Gasteiger partial charge is 0.223 e. The molecule has 20 heavy (non-hydrogen) atoms. The molecule has 1 aromatic rings. The van der Waals surface area contributed by atoms with Crippen molar-refractivity contribution in [1.82, 2.24) is 4.90 Å². The van der Waals surface area contributed by atoms with Gasteiger partial charge in [-0.25, -0.2) is 0 Å². The molecule has 1 fully saturated rings. The van der Waals surface area contributed by atoms with Gasteiger partial charge in [0, 0.05) is 6.42 Å². The predicted octanol–water partition coefficient (Wildman–Crippen LogP) is 2.02. The van der Waals surface area contributed by atoms with Crippen LogP contribution in [0.1, 0.15) is 37.0 Å². The lowest BCUT2D eigenvalue weighted by Crippen LogP contribution is -2.48. The monoisotopic (exact) mass is 276 g/mol. The molecule has 110 valence electrons. The van der Waals surface area contributed by atoms with Crippen LogP contribution in [0.4, 0.5) is 0 Å². The number of hydrogen-bond acceptors (Lipinski definition) is 3.